The standard InChI is InChI=1S/C12H19NO4/c1-5-9(14)8-6-7-10(15)13(8)11(16)17-12(2,3)4/h6-9,14H,5H2,1-4H3/t8-,9-/m0/s1. The van der Waals surface area contributed by atoms with Gasteiger partial charge in [0.05, 0.1) is 12.1 Å². The minimum atomic E-state index is -0.759. The maximum Gasteiger partial charge on any atom is 0.417 e. The first kappa shape index (κ1) is 13.7. The molecule has 1 heterocycles. The quantitative estimate of drug-likeness (QED) is 0.794. The van der Waals surface area contributed by atoms with Crippen LogP contribution < -0.4 is 0 Å². The topological polar surface area (TPSA) is 66.8 Å². The summed E-state index contributed by atoms with van der Waals surface area (Å²) < 4.78 is 5.13. The first-order valence-corrected chi connectivity index (χ1v) is 5.68. The number of rotatable bonds is 2. The van der Waals surface area contributed by atoms with E-state index in [4.69, 9.17) is 4.74 Å². The summed E-state index contributed by atoms with van der Waals surface area (Å²) >= 11 is 0. The fourth-order valence-corrected chi connectivity index (χ4v) is 1.56. The third-order valence-corrected chi connectivity index (χ3v) is 2.37. The van der Waals surface area contributed by atoms with Gasteiger partial charge in [0.1, 0.15) is 5.60 Å². The van der Waals surface area contributed by atoms with Gasteiger partial charge in [-0.05, 0) is 27.2 Å². The average molecular weight is 241 g/mol. The number of hydrogen-bond acceptors (Lipinski definition) is 4. The van der Waals surface area contributed by atoms with Crippen LogP contribution in [-0.4, -0.2) is 39.8 Å². The van der Waals surface area contributed by atoms with Gasteiger partial charge in [-0.3, -0.25) is 4.79 Å². The average Bonchev–Trinajstić information content (AvgIpc) is 2.56. The van der Waals surface area contributed by atoms with Crippen molar-refractivity contribution in [1.82, 2.24) is 4.90 Å². The smallest absolute Gasteiger partial charge is 0.417 e. The van der Waals surface area contributed by atoms with E-state index in [1.54, 1.807) is 27.7 Å². The molecular formula is C12H19NO4. The Bertz CT molecular complexity index is 343. The lowest BCUT2D eigenvalue weighted by Crippen LogP contribution is -2.47. The van der Waals surface area contributed by atoms with Crippen LogP contribution in [0.1, 0.15) is 34.1 Å². The summed E-state index contributed by atoms with van der Waals surface area (Å²) in [6.45, 7) is 6.97. The van der Waals surface area contributed by atoms with Gasteiger partial charge in [-0.25, -0.2) is 9.69 Å². The Hall–Kier alpha value is -1.36. The van der Waals surface area contributed by atoms with E-state index in [1.165, 1.54) is 12.2 Å². The molecule has 2 amide bonds. The Morgan fingerprint density at radius 3 is 2.65 bits per heavy atom. The minimum Gasteiger partial charge on any atom is -0.443 e. The third-order valence-electron chi connectivity index (χ3n) is 2.37. The highest BCUT2D eigenvalue weighted by Crippen LogP contribution is 2.20. The molecule has 0 radical (unpaired) electrons. The summed E-state index contributed by atoms with van der Waals surface area (Å²) in [6, 6.07) is -0.623. The zero-order chi connectivity index (χ0) is 13.2. The lowest BCUT2D eigenvalue weighted by atomic mass is 10.1. The summed E-state index contributed by atoms with van der Waals surface area (Å²) in [7, 11) is 0. The SMILES string of the molecule is CC[C@H](O)[C@@H]1C=CC(=O)N1C(=O)OC(C)(C)C. The molecule has 0 aromatic heterocycles. The van der Waals surface area contributed by atoms with E-state index in [2.05, 4.69) is 0 Å². The van der Waals surface area contributed by atoms with E-state index in [0.717, 1.165) is 4.90 Å². The molecule has 0 fully saturated rings. The lowest BCUT2D eigenvalue weighted by molar-refractivity contribution is -0.126. The van der Waals surface area contributed by atoms with Gasteiger partial charge in [-0.15, -0.1) is 0 Å². The molecule has 0 aromatic rings. The van der Waals surface area contributed by atoms with Gasteiger partial charge in [-0.1, -0.05) is 13.0 Å². The monoisotopic (exact) mass is 241 g/mol. The second kappa shape index (κ2) is 4.87. The number of ether oxygens (including phenoxy) is 1. The zero-order valence-corrected chi connectivity index (χ0v) is 10.6. The van der Waals surface area contributed by atoms with Crippen molar-refractivity contribution in [3.8, 4) is 0 Å². The molecule has 0 unspecified atom stereocenters. The van der Waals surface area contributed by atoms with Crippen molar-refractivity contribution < 1.29 is 19.4 Å². The van der Waals surface area contributed by atoms with E-state index in [9.17, 15) is 14.7 Å². The molecule has 96 valence electrons. The van der Waals surface area contributed by atoms with Crippen LogP contribution in [0.5, 0.6) is 0 Å². The van der Waals surface area contributed by atoms with Crippen LogP contribution in [-0.2, 0) is 9.53 Å². The second-order valence-corrected chi connectivity index (χ2v) is 5.01. The fraction of sp³-hybridized carbons (Fsp3) is 0.667. The van der Waals surface area contributed by atoms with Gasteiger partial charge in [0.2, 0.25) is 0 Å². The normalized spacial score (nSPS) is 21.8. The number of amides is 2. The predicted octanol–water partition coefficient (Wildman–Crippen LogP) is 1.46. The fourth-order valence-electron chi connectivity index (χ4n) is 1.56. The highest BCUT2D eigenvalue weighted by Gasteiger charge is 2.37. The molecular weight excluding hydrogens is 222 g/mol. The van der Waals surface area contributed by atoms with E-state index >= 15 is 0 Å². The van der Waals surface area contributed by atoms with Gasteiger partial charge < -0.3 is 9.84 Å². The first-order chi connectivity index (χ1) is 7.76. The van der Waals surface area contributed by atoms with Gasteiger partial charge in [0.25, 0.3) is 5.91 Å². The van der Waals surface area contributed by atoms with Crippen LogP contribution in [0, 0.1) is 0 Å². The van der Waals surface area contributed by atoms with Crippen molar-refractivity contribution in [3.05, 3.63) is 12.2 Å². The molecule has 17 heavy (non-hydrogen) atoms. The van der Waals surface area contributed by atoms with Crippen molar-refractivity contribution in [3.63, 3.8) is 0 Å². The molecule has 5 nitrogen and oxygen atoms in total. The lowest BCUT2D eigenvalue weighted by Gasteiger charge is -2.29. The van der Waals surface area contributed by atoms with Gasteiger partial charge in [0, 0.05) is 6.08 Å². The van der Waals surface area contributed by atoms with Crippen molar-refractivity contribution in [2.45, 2.75) is 51.9 Å². The van der Waals surface area contributed by atoms with E-state index in [1.807, 2.05) is 0 Å². The Balaban J connectivity index is 2.80. The molecule has 5 heteroatoms. The molecule has 0 spiro atoms. The van der Waals surface area contributed by atoms with E-state index in [0.29, 0.717) is 6.42 Å². The Kier molecular flexibility index (Phi) is 3.93. The van der Waals surface area contributed by atoms with Gasteiger partial charge >= 0.3 is 6.09 Å². The van der Waals surface area contributed by atoms with Gasteiger partial charge in [-0.2, -0.15) is 0 Å². The third kappa shape index (κ3) is 3.30. The van der Waals surface area contributed by atoms with Crippen molar-refractivity contribution in [1.29, 1.82) is 0 Å². The van der Waals surface area contributed by atoms with Crippen LogP contribution in [0.25, 0.3) is 0 Å². The minimum absolute atomic E-state index is 0.447. The summed E-state index contributed by atoms with van der Waals surface area (Å²) in [5, 5.41) is 9.74. The number of aliphatic hydroxyl groups is 1. The number of carbonyl (C=O) groups is 2. The molecule has 0 saturated heterocycles. The number of hydrogen-bond donors (Lipinski definition) is 1. The number of carbonyl (C=O) groups excluding carboxylic acids is 2. The van der Waals surface area contributed by atoms with Crippen LogP contribution in [0.2, 0.25) is 0 Å². The molecule has 0 aliphatic carbocycles. The Morgan fingerprint density at radius 2 is 2.18 bits per heavy atom. The first-order valence-electron chi connectivity index (χ1n) is 5.68. The van der Waals surface area contributed by atoms with E-state index < -0.39 is 29.7 Å². The summed E-state index contributed by atoms with van der Waals surface area (Å²) in [4.78, 5) is 24.4. The molecule has 1 rings (SSSR count). The number of aliphatic hydroxyl groups excluding tert-OH is 1. The molecule has 1 aliphatic rings. The van der Waals surface area contributed by atoms with Crippen LogP contribution in [0.4, 0.5) is 4.79 Å². The second-order valence-electron chi connectivity index (χ2n) is 5.01. The van der Waals surface area contributed by atoms with Gasteiger partial charge in [0.15, 0.2) is 0 Å². The largest absolute Gasteiger partial charge is 0.443 e. The van der Waals surface area contributed by atoms with Crippen molar-refractivity contribution in [2.24, 2.45) is 0 Å². The number of imide groups is 1. The van der Waals surface area contributed by atoms with Crippen LogP contribution in [0.15, 0.2) is 12.2 Å². The molecule has 0 saturated carbocycles. The maximum atomic E-state index is 11.8. The summed E-state index contributed by atoms with van der Waals surface area (Å²) in [5.41, 5.74) is -0.665. The van der Waals surface area contributed by atoms with Crippen molar-refractivity contribution >= 4 is 12.0 Å². The van der Waals surface area contributed by atoms with Crippen molar-refractivity contribution in [2.75, 3.05) is 0 Å². The summed E-state index contributed by atoms with van der Waals surface area (Å²) in [6.07, 6.45) is 1.80. The summed E-state index contributed by atoms with van der Waals surface area (Å²) in [5.74, 6) is -0.447. The maximum absolute atomic E-state index is 11.8. The van der Waals surface area contributed by atoms with E-state index in [-0.39, 0.29) is 0 Å². The number of nitrogens with zero attached hydrogens (tertiary/aromatic N) is 1. The molecule has 1 N–H and O–H groups in total. The van der Waals surface area contributed by atoms with Crippen LogP contribution in [0.3, 0.4) is 0 Å². The highest BCUT2D eigenvalue weighted by molar-refractivity contribution is 6.01. The molecule has 1 aliphatic heterocycles. The zero-order valence-electron chi connectivity index (χ0n) is 10.6. The molecule has 2 atom stereocenters. The Morgan fingerprint density at radius 1 is 1.59 bits per heavy atom. The Labute approximate surface area is 101 Å². The molecule has 0 aromatic carbocycles. The van der Waals surface area contributed by atoms with Crippen LogP contribution >= 0.6 is 0 Å². The molecule has 0 bridgehead atoms. The predicted molar refractivity (Wildman–Crippen MR) is 62.3 cm³/mol. The highest BCUT2D eigenvalue weighted by atomic mass is 16.6.